The van der Waals surface area contributed by atoms with E-state index in [-0.39, 0.29) is 0 Å². The average Bonchev–Trinajstić information content (AvgIpc) is 2.46. The lowest BCUT2D eigenvalue weighted by Gasteiger charge is -1.99. The fraction of sp³-hybridized carbons (Fsp3) is 0. The molecule has 1 aromatic heterocycles. The summed E-state index contributed by atoms with van der Waals surface area (Å²) in [5.41, 5.74) is 0.860. The zero-order valence-electron chi connectivity index (χ0n) is 9.69. The number of nitrogens with zero attached hydrogens (tertiary/aromatic N) is 3. The fourth-order valence-electron chi connectivity index (χ4n) is 1.81. The molecule has 3 rings (SSSR count). The summed E-state index contributed by atoms with van der Waals surface area (Å²) in [6.45, 7) is 0. The smallest absolute Gasteiger partial charge is 0.174 e. The molecule has 2 aromatic carbocycles. The molecule has 3 aromatic rings. The lowest BCUT2D eigenvalue weighted by Crippen LogP contribution is -1.73. The van der Waals surface area contributed by atoms with E-state index in [1.807, 2.05) is 48.5 Å². The monoisotopic (exact) mass is 233 g/mol. The van der Waals surface area contributed by atoms with Crippen LogP contribution in [0.15, 0.2) is 77.1 Å². The standard InChI is InChI=1S/C15H11N3/c1-2-8-13-12(6-1)7-5-9-14(13)17-18-15-10-3-4-11-16-15/h1-11H. The van der Waals surface area contributed by atoms with Gasteiger partial charge >= 0.3 is 0 Å². The number of aromatic nitrogens is 1. The van der Waals surface area contributed by atoms with Gasteiger partial charge in [0.2, 0.25) is 0 Å². The molecule has 0 aliphatic rings. The van der Waals surface area contributed by atoms with Crippen LogP contribution in [-0.2, 0) is 0 Å². The van der Waals surface area contributed by atoms with Crippen LogP contribution in [-0.4, -0.2) is 4.98 Å². The summed E-state index contributed by atoms with van der Waals surface area (Å²) in [6.07, 6.45) is 1.71. The van der Waals surface area contributed by atoms with Crippen molar-refractivity contribution in [3.05, 3.63) is 66.9 Å². The predicted molar refractivity (Wildman–Crippen MR) is 72.4 cm³/mol. The molecule has 0 N–H and O–H groups in total. The Kier molecular flexibility index (Phi) is 2.80. The maximum atomic E-state index is 4.27. The van der Waals surface area contributed by atoms with Gasteiger partial charge in [0.05, 0.1) is 5.69 Å². The number of fused-ring (bicyclic) bond motifs is 1. The van der Waals surface area contributed by atoms with Crippen LogP contribution >= 0.6 is 0 Å². The maximum Gasteiger partial charge on any atom is 0.174 e. The highest BCUT2D eigenvalue weighted by Crippen LogP contribution is 2.26. The van der Waals surface area contributed by atoms with Crippen LogP contribution in [0, 0.1) is 0 Å². The highest BCUT2D eigenvalue weighted by atomic mass is 15.1. The molecular weight excluding hydrogens is 222 g/mol. The molecule has 0 saturated carbocycles. The summed E-state index contributed by atoms with van der Waals surface area (Å²) < 4.78 is 0. The van der Waals surface area contributed by atoms with Crippen molar-refractivity contribution in [3.63, 3.8) is 0 Å². The highest BCUT2D eigenvalue weighted by Gasteiger charge is 1.98. The number of hydrogen-bond donors (Lipinski definition) is 0. The Morgan fingerprint density at radius 3 is 2.44 bits per heavy atom. The van der Waals surface area contributed by atoms with E-state index in [2.05, 4.69) is 27.3 Å². The third-order valence-corrected chi connectivity index (χ3v) is 2.68. The van der Waals surface area contributed by atoms with Crippen LogP contribution in [0.4, 0.5) is 11.5 Å². The van der Waals surface area contributed by atoms with Crippen LogP contribution in [0.2, 0.25) is 0 Å². The van der Waals surface area contributed by atoms with E-state index in [1.54, 1.807) is 6.20 Å². The van der Waals surface area contributed by atoms with Crippen LogP contribution < -0.4 is 0 Å². The quantitative estimate of drug-likeness (QED) is 0.593. The lowest BCUT2D eigenvalue weighted by molar-refractivity contribution is 1.16. The lowest BCUT2D eigenvalue weighted by atomic mass is 10.1. The number of rotatable bonds is 2. The Balaban J connectivity index is 2.03. The molecule has 3 nitrogen and oxygen atoms in total. The molecule has 86 valence electrons. The number of pyridine rings is 1. The molecule has 1 heterocycles. The third kappa shape index (κ3) is 2.11. The van der Waals surface area contributed by atoms with Crippen molar-refractivity contribution in [2.75, 3.05) is 0 Å². The van der Waals surface area contributed by atoms with E-state index in [0.717, 1.165) is 16.5 Å². The van der Waals surface area contributed by atoms with Crippen molar-refractivity contribution in [1.82, 2.24) is 4.98 Å². The van der Waals surface area contributed by atoms with Gasteiger partial charge in [-0.2, -0.15) is 0 Å². The zero-order chi connectivity index (χ0) is 12.2. The summed E-state index contributed by atoms with van der Waals surface area (Å²) in [5, 5.41) is 10.7. The maximum absolute atomic E-state index is 4.27. The summed E-state index contributed by atoms with van der Waals surface area (Å²) in [6, 6.07) is 19.7. The first kappa shape index (κ1) is 10.6. The van der Waals surface area contributed by atoms with Gasteiger partial charge in [0.15, 0.2) is 5.82 Å². The molecule has 3 heteroatoms. The fourth-order valence-corrected chi connectivity index (χ4v) is 1.81. The Morgan fingerprint density at radius 1 is 0.722 bits per heavy atom. The first-order valence-electron chi connectivity index (χ1n) is 5.74. The van der Waals surface area contributed by atoms with Crippen molar-refractivity contribution in [2.45, 2.75) is 0 Å². The summed E-state index contributed by atoms with van der Waals surface area (Å²) in [7, 11) is 0. The molecule has 0 bridgehead atoms. The van der Waals surface area contributed by atoms with E-state index in [9.17, 15) is 0 Å². The van der Waals surface area contributed by atoms with Gasteiger partial charge in [0.1, 0.15) is 0 Å². The Labute approximate surface area is 105 Å². The molecule has 0 fully saturated rings. The van der Waals surface area contributed by atoms with Gasteiger partial charge in [-0.25, -0.2) is 4.98 Å². The van der Waals surface area contributed by atoms with E-state index in [4.69, 9.17) is 0 Å². The molecule has 0 amide bonds. The summed E-state index contributed by atoms with van der Waals surface area (Å²) >= 11 is 0. The first-order valence-corrected chi connectivity index (χ1v) is 5.74. The molecular formula is C15H11N3. The second kappa shape index (κ2) is 4.75. The predicted octanol–water partition coefficient (Wildman–Crippen LogP) is 4.65. The minimum absolute atomic E-state index is 0.616. The van der Waals surface area contributed by atoms with E-state index < -0.39 is 0 Å². The van der Waals surface area contributed by atoms with Crippen LogP contribution in [0.1, 0.15) is 0 Å². The Hall–Kier alpha value is -2.55. The van der Waals surface area contributed by atoms with E-state index in [1.165, 1.54) is 0 Å². The minimum Gasteiger partial charge on any atom is -0.236 e. The van der Waals surface area contributed by atoms with Crippen molar-refractivity contribution >= 4 is 22.3 Å². The SMILES string of the molecule is c1ccc(N=Nc2cccc3ccccc23)nc1. The molecule has 0 aliphatic carbocycles. The van der Waals surface area contributed by atoms with E-state index >= 15 is 0 Å². The summed E-state index contributed by atoms with van der Waals surface area (Å²) in [4.78, 5) is 4.11. The van der Waals surface area contributed by atoms with Gasteiger partial charge < -0.3 is 0 Å². The molecule has 18 heavy (non-hydrogen) atoms. The molecule has 0 saturated heterocycles. The van der Waals surface area contributed by atoms with Gasteiger partial charge in [0, 0.05) is 11.6 Å². The number of benzene rings is 2. The molecule has 0 aliphatic heterocycles. The average molecular weight is 233 g/mol. The van der Waals surface area contributed by atoms with Crippen molar-refractivity contribution in [3.8, 4) is 0 Å². The van der Waals surface area contributed by atoms with Crippen LogP contribution in [0.5, 0.6) is 0 Å². The number of azo groups is 1. The minimum atomic E-state index is 0.616. The highest BCUT2D eigenvalue weighted by molar-refractivity contribution is 5.92. The van der Waals surface area contributed by atoms with Crippen LogP contribution in [0.25, 0.3) is 10.8 Å². The Bertz CT molecular complexity index is 685. The second-order valence-corrected chi connectivity index (χ2v) is 3.89. The topological polar surface area (TPSA) is 37.6 Å². The second-order valence-electron chi connectivity index (χ2n) is 3.89. The van der Waals surface area contributed by atoms with Crippen molar-refractivity contribution in [2.24, 2.45) is 10.2 Å². The molecule has 0 unspecified atom stereocenters. The van der Waals surface area contributed by atoms with Crippen molar-refractivity contribution < 1.29 is 0 Å². The molecule has 0 atom stereocenters. The largest absolute Gasteiger partial charge is 0.236 e. The first-order chi connectivity index (χ1) is 8.93. The van der Waals surface area contributed by atoms with Crippen molar-refractivity contribution in [1.29, 1.82) is 0 Å². The van der Waals surface area contributed by atoms with Gasteiger partial charge in [0.25, 0.3) is 0 Å². The number of hydrogen-bond acceptors (Lipinski definition) is 3. The van der Waals surface area contributed by atoms with Gasteiger partial charge in [-0.15, -0.1) is 10.2 Å². The summed E-state index contributed by atoms with van der Waals surface area (Å²) in [5.74, 6) is 0.616. The van der Waals surface area contributed by atoms with Gasteiger partial charge in [-0.05, 0) is 23.6 Å². The zero-order valence-corrected chi connectivity index (χ0v) is 9.69. The van der Waals surface area contributed by atoms with Gasteiger partial charge in [-0.3, -0.25) is 0 Å². The Morgan fingerprint density at radius 2 is 1.56 bits per heavy atom. The third-order valence-electron chi connectivity index (χ3n) is 2.68. The van der Waals surface area contributed by atoms with Gasteiger partial charge in [-0.1, -0.05) is 42.5 Å². The molecule has 0 radical (unpaired) electrons. The van der Waals surface area contributed by atoms with E-state index in [0.29, 0.717) is 5.82 Å². The molecule has 0 spiro atoms. The van der Waals surface area contributed by atoms with Crippen LogP contribution in [0.3, 0.4) is 0 Å². The normalized spacial score (nSPS) is 11.1.